The molecule has 1 amide bonds. The predicted molar refractivity (Wildman–Crippen MR) is 129 cm³/mol. The van der Waals surface area contributed by atoms with E-state index in [0.29, 0.717) is 58.5 Å². The number of rotatable bonds is 10. The molecule has 1 saturated heterocycles. The first-order valence-electron chi connectivity index (χ1n) is 11.7. The fourth-order valence-corrected chi connectivity index (χ4v) is 4.78. The van der Waals surface area contributed by atoms with Crippen molar-refractivity contribution in [1.82, 2.24) is 14.3 Å². The Bertz CT molecular complexity index is 1050. The summed E-state index contributed by atoms with van der Waals surface area (Å²) in [6.45, 7) is 4.40. The van der Waals surface area contributed by atoms with E-state index < -0.39 is 0 Å². The van der Waals surface area contributed by atoms with Crippen molar-refractivity contribution in [3.63, 3.8) is 0 Å². The maximum atomic E-state index is 12.9. The highest BCUT2D eigenvalue weighted by molar-refractivity contribution is 7.09. The van der Waals surface area contributed by atoms with Crippen LogP contribution < -0.4 is 4.90 Å². The van der Waals surface area contributed by atoms with Gasteiger partial charge in [0.05, 0.1) is 25.3 Å². The number of carbonyl (C=O) groups excluding carboxylic acids is 2. The van der Waals surface area contributed by atoms with E-state index in [4.69, 9.17) is 14.1 Å². The van der Waals surface area contributed by atoms with Crippen molar-refractivity contribution in [2.45, 2.75) is 39.2 Å². The van der Waals surface area contributed by atoms with Crippen molar-refractivity contribution in [2.75, 3.05) is 31.1 Å². The second-order valence-corrected chi connectivity index (χ2v) is 9.04. The minimum absolute atomic E-state index is 0.0841. The molecule has 0 saturated carbocycles. The van der Waals surface area contributed by atoms with Gasteiger partial charge in [0, 0.05) is 44.0 Å². The molecule has 1 fully saturated rings. The maximum Gasteiger partial charge on any atom is 0.309 e. The third-order valence-electron chi connectivity index (χ3n) is 5.92. The van der Waals surface area contributed by atoms with Crippen LogP contribution in [-0.2, 0) is 27.3 Å². The van der Waals surface area contributed by atoms with Crippen LogP contribution in [0.5, 0.6) is 0 Å². The number of esters is 1. The normalized spacial score (nSPS) is 14.2. The molecule has 180 valence electrons. The number of furan rings is 1. The zero-order valence-electron chi connectivity index (χ0n) is 19.4. The second-order valence-electron chi connectivity index (χ2n) is 8.31. The zero-order valence-corrected chi connectivity index (χ0v) is 20.2. The zero-order chi connectivity index (χ0) is 23.8. The van der Waals surface area contributed by atoms with Crippen LogP contribution in [-0.4, -0.2) is 52.4 Å². The Morgan fingerprint density at radius 1 is 1.18 bits per heavy atom. The summed E-state index contributed by atoms with van der Waals surface area (Å²) in [5, 5.41) is 0.774. The van der Waals surface area contributed by atoms with Crippen LogP contribution in [0.2, 0.25) is 0 Å². The molecule has 1 aromatic carbocycles. The number of likely N-dealkylation sites (tertiary alicyclic amines) is 1. The first-order chi connectivity index (χ1) is 16.6. The van der Waals surface area contributed by atoms with Gasteiger partial charge in [-0.25, -0.2) is 4.98 Å². The Morgan fingerprint density at radius 2 is 1.97 bits per heavy atom. The summed E-state index contributed by atoms with van der Waals surface area (Å²) in [7, 11) is 0. The number of hydrogen-bond acceptors (Lipinski definition) is 8. The lowest BCUT2D eigenvalue weighted by molar-refractivity contribution is -0.151. The fourth-order valence-electron chi connectivity index (χ4n) is 4.07. The number of nitrogens with zero attached hydrogens (tertiary/aromatic N) is 4. The first kappa shape index (κ1) is 23.9. The van der Waals surface area contributed by atoms with E-state index in [-0.39, 0.29) is 17.8 Å². The van der Waals surface area contributed by atoms with Crippen molar-refractivity contribution < 1.29 is 18.7 Å². The molecular formula is C25H30N4O4S. The van der Waals surface area contributed by atoms with E-state index in [9.17, 15) is 9.59 Å². The SMILES string of the molecule is CCOC(=O)C1CCN(C(=O)CCN(Cc2ccco2)c2nc(Cc3ccccc3)ns2)CC1. The van der Waals surface area contributed by atoms with Crippen LogP contribution in [0.1, 0.15) is 43.3 Å². The Labute approximate surface area is 203 Å². The molecule has 3 heterocycles. The van der Waals surface area contributed by atoms with Crippen molar-refractivity contribution >= 4 is 28.5 Å². The van der Waals surface area contributed by atoms with Crippen molar-refractivity contribution in [1.29, 1.82) is 0 Å². The van der Waals surface area contributed by atoms with Gasteiger partial charge in [0.25, 0.3) is 0 Å². The topological polar surface area (TPSA) is 88.8 Å². The van der Waals surface area contributed by atoms with E-state index in [1.54, 1.807) is 6.26 Å². The van der Waals surface area contributed by atoms with Gasteiger partial charge in [0.15, 0.2) is 0 Å². The third-order valence-corrected chi connectivity index (χ3v) is 6.74. The summed E-state index contributed by atoms with van der Waals surface area (Å²) in [6, 6.07) is 13.9. The number of hydrogen-bond donors (Lipinski definition) is 0. The lowest BCUT2D eigenvalue weighted by atomic mass is 9.97. The van der Waals surface area contributed by atoms with E-state index in [1.807, 2.05) is 47.1 Å². The minimum Gasteiger partial charge on any atom is -0.467 e. The molecule has 4 rings (SSSR count). The Balaban J connectivity index is 1.35. The molecule has 3 aromatic rings. The Kier molecular flexibility index (Phi) is 8.30. The van der Waals surface area contributed by atoms with Gasteiger partial charge in [-0.3, -0.25) is 9.59 Å². The van der Waals surface area contributed by atoms with E-state index >= 15 is 0 Å². The van der Waals surface area contributed by atoms with Crippen molar-refractivity contribution in [3.8, 4) is 0 Å². The summed E-state index contributed by atoms with van der Waals surface area (Å²) >= 11 is 1.34. The third kappa shape index (κ3) is 6.44. The van der Waals surface area contributed by atoms with Gasteiger partial charge < -0.3 is 19.0 Å². The highest BCUT2D eigenvalue weighted by Crippen LogP contribution is 2.23. The monoisotopic (exact) mass is 482 g/mol. The maximum absolute atomic E-state index is 12.9. The van der Waals surface area contributed by atoms with Crippen molar-refractivity contribution in [3.05, 3.63) is 65.9 Å². The number of aromatic nitrogens is 2. The number of amides is 1. The number of benzene rings is 1. The second kappa shape index (κ2) is 11.8. The van der Waals surface area contributed by atoms with Crippen LogP contribution in [0.3, 0.4) is 0 Å². The van der Waals surface area contributed by atoms with Gasteiger partial charge in [0.2, 0.25) is 11.0 Å². The standard InChI is InChI=1S/C25H30N4O4S/c1-2-32-24(31)20-10-13-28(14-11-20)23(30)12-15-29(18-21-9-6-16-33-21)25-26-22(27-34-25)17-19-7-4-3-5-8-19/h3-9,16,20H,2,10-15,17-18H2,1H3. The summed E-state index contributed by atoms with van der Waals surface area (Å²) in [4.78, 5) is 33.5. The molecule has 0 radical (unpaired) electrons. The number of piperidine rings is 1. The lowest BCUT2D eigenvalue weighted by Gasteiger charge is -2.31. The molecule has 1 aliphatic rings. The van der Waals surface area contributed by atoms with Gasteiger partial charge >= 0.3 is 5.97 Å². The Morgan fingerprint density at radius 3 is 2.68 bits per heavy atom. The van der Waals surface area contributed by atoms with Gasteiger partial charge in [-0.2, -0.15) is 4.37 Å². The average molecular weight is 483 g/mol. The van der Waals surface area contributed by atoms with Crippen LogP contribution in [0.4, 0.5) is 5.13 Å². The molecule has 0 aliphatic carbocycles. The molecule has 0 unspecified atom stereocenters. The molecule has 8 nitrogen and oxygen atoms in total. The first-order valence-corrected chi connectivity index (χ1v) is 12.5. The molecular weight excluding hydrogens is 452 g/mol. The average Bonchev–Trinajstić information content (AvgIpc) is 3.55. The van der Waals surface area contributed by atoms with E-state index in [2.05, 4.69) is 16.5 Å². The molecule has 34 heavy (non-hydrogen) atoms. The largest absolute Gasteiger partial charge is 0.467 e. The lowest BCUT2D eigenvalue weighted by Crippen LogP contribution is -2.41. The Hall–Kier alpha value is -3.20. The van der Waals surface area contributed by atoms with Crippen LogP contribution in [0, 0.1) is 5.92 Å². The van der Waals surface area contributed by atoms with Gasteiger partial charge in [-0.15, -0.1) is 0 Å². The predicted octanol–water partition coefficient (Wildman–Crippen LogP) is 3.92. The van der Waals surface area contributed by atoms with E-state index in [1.165, 1.54) is 11.5 Å². The van der Waals surface area contributed by atoms with Gasteiger partial charge in [-0.05, 0) is 37.5 Å². The molecule has 0 bridgehead atoms. The molecule has 0 atom stereocenters. The molecule has 9 heteroatoms. The minimum atomic E-state index is -0.151. The quantitative estimate of drug-likeness (QED) is 0.405. The summed E-state index contributed by atoms with van der Waals surface area (Å²) in [5.74, 6) is 1.40. The van der Waals surface area contributed by atoms with Crippen LogP contribution in [0.25, 0.3) is 0 Å². The van der Waals surface area contributed by atoms with Crippen molar-refractivity contribution in [2.24, 2.45) is 5.92 Å². The van der Waals surface area contributed by atoms with Gasteiger partial charge in [0.1, 0.15) is 11.6 Å². The number of anilines is 1. The number of ether oxygens (including phenoxy) is 1. The van der Waals surface area contributed by atoms with Gasteiger partial charge in [-0.1, -0.05) is 30.3 Å². The van der Waals surface area contributed by atoms with Crippen LogP contribution in [0.15, 0.2) is 53.1 Å². The summed E-state index contributed by atoms with van der Waals surface area (Å²) < 4.78 is 15.2. The molecule has 1 aliphatic heterocycles. The van der Waals surface area contributed by atoms with Crippen LogP contribution >= 0.6 is 11.5 Å². The van der Waals surface area contributed by atoms with E-state index in [0.717, 1.165) is 22.3 Å². The smallest absolute Gasteiger partial charge is 0.309 e. The fraction of sp³-hybridized carbons (Fsp3) is 0.440. The summed E-state index contributed by atoms with van der Waals surface area (Å²) in [6.07, 6.45) is 3.98. The molecule has 0 N–H and O–H groups in total. The highest BCUT2D eigenvalue weighted by atomic mass is 32.1. The highest BCUT2D eigenvalue weighted by Gasteiger charge is 2.28. The number of carbonyl (C=O) groups is 2. The molecule has 0 spiro atoms. The molecule has 2 aromatic heterocycles. The summed E-state index contributed by atoms with van der Waals surface area (Å²) in [5.41, 5.74) is 1.16.